The van der Waals surface area contributed by atoms with Crippen LogP contribution in [0.5, 0.6) is 0 Å². The topological polar surface area (TPSA) is 60.2 Å². The van der Waals surface area contributed by atoms with Crippen LogP contribution >= 0.6 is 0 Å². The molecule has 0 bridgehead atoms. The molecule has 1 unspecified atom stereocenters. The normalized spacial score (nSPS) is 17.7. The van der Waals surface area contributed by atoms with Crippen LogP contribution in [0.3, 0.4) is 0 Å². The number of rotatable bonds is 5. The molecular formula is C19H26N4O2. The van der Waals surface area contributed by atoms with Gasteiger partial charge in [-0.2, -0.15) is 5.10 Å². The van der Waals surface area contributed by atoms with Gasteiger partial charge in [-0.1, -0.05) is 6.92 Å². The fourth-order valence-corrected chi connectivity index (χ4v) is 3.22. The molecule has 3 heterocycles. The van der Waals surface area contributed by atoms with Crippen molar-refractivity contribution >= 4 is 5.91 Å². The zero-order valence-corrected chi connectivity index (χ0v) is 15.2. The van der Waals surface area contributed by atoms with Crippen molar-refractivity contribution in [2.45, 2.75) is 46.1 Å². The number of ether oxygens (including phenoxy) is 1. The van der Waals surface area contributed by atoms with E-state index in [4.69, 9.17) is 4.74 Å². The molecule has 25 heavy (non-hydrogen) atoms. The summed E-state index contributed by atoms with van der Waals surface area (Å²) in [4.78, 5) is 19.1. The maximum atomic E-state index is 12.7. The first-order chi connectivity index (χ1) is 12.1. The zero-order chi connectivity index (χ0) is 17.8. The van der Waals surface area contributed by atoms with Gasteiger partial charge in [0, 0.05) is 31.6 Å². The highest BCUT2D eigenvalue weighted by Crippen LogP contribution is 2.17. The van der Waals surface area contributed by atoms with Crippen molar-refractivity contribution in [1.29, 1.82) is 0 Å². The Bertz CT molecular complexity index is 724. The SMILES string of the molecule is CCCOC1CCCN(C(=O)c2ccc(-n3nc(C)cc3C)nc2)C1. The molecule has 1 amide bonds. The number of likely N-dealkylation sites (tertiary alicyclic amines) is 1. The molecule has 134 valence electrons. The van der Waals surface area contributed by atoms with E-state index in [1.54, 1.807) is 10.9 Å². The van der Waals surface area contributed by atoms with Crippen LogP contribution in [0, 0.1) is 13.8 Å². The molecule has 1 atom stereocenters. The smallest absolute Gasteiger partial charge is 0.255 e. The third kappa shape index (κ3) is 4.07. The Kier molecular flexibility index (Phi) is 5.48. The largest absolute Gasteiger partial charge is 0.376 e. The highest BCUT2D eigenvalue weighted by molar-refractivity contribution is 5.94. The predicted octanol–water partition coefficient (Wildman–Crippen LogP) is 2.92. The van der Waals surface area contributed by atoms with Crippen LogP contribution in [-0.2, 0) is 4.74 Å². The lowest BCUT2D eigenvalue weighted by molar-refractivity contribution is 0.00210. The molecule has 0 spiro atoms. The maximum Gasteiger partial charge on any atom is 0.255 e. The molecule has 1 fully saturated rings. The highest BCUT2D eigenvalue weighted by Gasteiger charge is 2.25. The van der Waals surface area contributed by atoms with E-state index in [0.29, 0.717) is 12.1 Å². The maximum absolute atomic E-state index is 12.7. The molecule has 6 heteroatoms. The van der Waals surface area contributed by atoms with Gasteiger partial charge in [0.15, 0.2) is 5.82 Å². The van der Waals surface area contributed by atoms with Crippen LogP contribution in [0.25, 0.3) is 5.82 Å². The molecule has 0 N–H and O–H groups in total. The lowest BCUT2D eigenvalue weighted by atomic mass is 10.1. The molecule has 3 rings (SSSR count). The van der Waals surface area contributed by atoms with Crippen LogP contribution in [0.2, 0.25) is 0 Å². The summed E-state index contributed by atoms with van der Waals surface area (Å²) in [6, 6.07) is 5.68. The van der Waals surface area contributed by atoms with E-state index < -0.39 is 0 Å². The van der Waals surface area contributed by atoms with Crippen molar-refractivity contribution in [3.8, 4) is 5.82 Å². The second-order valence-corrected chi connectivity index (χ2v) is 6.63. The fraction of sp³-hybridized carbons (Fsp3) is 0.526. The molecule has 2 aromatic heterocycles. The second-order valence-electron chi connectivity index (χ2n) is 6.63. The van der Waals surface area contributed by atoms with Crippen LogP contribution < -0.4 is 0 Å². The Morgan fingerprint density at radius 2 is 2.20 bits per heavy atom. The van der Waals surface area contributed by atoms with Crippen molar-refractivity contribution in [2.24, 2.45) is 0 Å². The van der Waals surface area contributed by atoms with Crippen molar-refractivity contribution in [3.63, 3.8) is 0 Å². The molecule has 0 saturated carbocycles. The first-order valence-corrected chi connectivity index (χ1v) is 8.99. The summed E-state index contributed by atoms with van der Waals surface area (Å²) in [6.45, 7) is 8.25. The second kappa shape index (κ2) is 7.78. The van der Waals surface area contributed by atoms with Gasteiger partial charge in [-0.25, -0.2) is 9.67 Å². The van der Waals surface area contributed by atoms with Crippen LogP contribution in [-0.4, -0.2) is 51.4 Å². The standard InChI is InChI=1S/C19H26N4O2/c1-4-10-25-17-6-5-9-22(13-17)19(24)16-7-8-18(20-12-16)23-15(3)11-14(2)21-23/h7-8,11-12,17H,4-6,9-10,13H2,1-3H3. The average Bonchev–Trinajstić information content (AvgIpc) is 2.98. The molecule has 1 aliphatic rings. The number of hydrogen-bond acceptors (Lipinski definition) is 4. The number of carbonyl (C=O) groups excluding carboxylic acids is 1. The summed E-state index contributed by atoms with van der Waals surface area (Å²) in [5, 5.41) is 4.43. The monoisotopic (exact) mass is 342 g/mol. The minimum absolute atomic E-state index is 0.0252. The van der Waals surface area contributed by atoms with E-state index in [0.717, 1.165) is 49.6 Å². The van der Waals surface area contributed by atoms with Crippen LogP contribution in [0.1, 0.15) is 47.9 Å². The molecule has 1 aliphatic heterocycles. The first kappa shape index (κ1) is 17.6. The number of carbonyl (C=O) groups is 1. The number of amides is 1. The highest BCUT2D eigenvalue weighted by atomic mass is 16.5. The van der Waals surface area contributed by atoms with Gasteiger partial charge in [-0.3, -0.25) is 4.79 Å². The fourth-order valence-electron chi connectivity index (χ4n) is 3.22. The predicted molar refractivity (Wildman–Crippen MR) is 96.0 cm³/mol. The Labute approximate surface area is 148 Å². The molecule has 2 aromatic rings. The molecule has 0 radical (unpaired) electrons. The summed E-state index contributed by atoms with van der Waals surface area (Å²) in [5.74, 6) is 0.752. The summed E-state index contributed by atoms with van der Waals surface area (Å²) in [6.07, 6.45) is 4.81. The molecule has 0 aliphatic carbocycles. The number of nitrogens with zero attached hydrogens (tertiary/aromatic N) is 4. The minimum Gasteiger partial charge on any atom is -0.376 e. The number of hydrogen-bond donors (Lipinski definition) is 0. The summed E-state index contributed by atoms with van der Waals surface area (Å²) >= 11 is 0. The first-order valence-electron chi connectivity index (χ1n) is 8.99. The van der Waals surface area contributed by atoms with Gasteiger partial charge in [0.05, 0.1) is 17.4 Å². The Morgan fingerprint density at radius 1 is 1.36 bits per heavy atom. The quantitative estimate of drug-likeness (QED) is 0.838. The van der Waals surface area contributed by atoms with Gasteiger partial charge in [0.2, 0.25) is 0 Å². The Balaban J connectivity index is 1.69. The van der Waals surface area contributed by atoms with Gasteiger partial charge < -0.3 is 9.64 Å². The van der Waals surface area contributed by atoms with Gasteiger partial charge in [-0.15, -0.1) is 0 Å². The zero-order valence-electron chi connectivity index (χ0n) is 15.2. The number of aromatic nitrogens is 3. The Hall–Kier alpha value is -2.21. The number of pyridine rings is 1. The third-order valence-corrected chi connectivity index (χ3v) is 4.44. The van der Waals surface area contributed by atoms with Crippen LogP contribution in [0.15, 0.2) is 24.4 Å². The van der Waals surface area contributed by atoms with E-state index in [-0.39, 0.29) is 12.0 Å². The molecule has 6 nitrogen and oxygen atoms in total. The number of aryl methyl sites for hydroxylation is 2. The molecule has 0 aromatic carbocycles. The van der Waals surface area contributed by atoms with Gasteiger partial charge in [-0.05, 0) is 51.3 Å². The van der Waals surface area contributed by atoms with Gasteiger partial charge in [0.25, 0.3) is 5.91 Å². The van der Waals surface area contributed by atoms with Gasteiger partial charge >= 0.3 is 0 Å². The summed E-state index contributed by atoms with van der Waals surface area (Å²) in [7, 11) is 0. The summed E-state index contributed by atoms with van der Waals surface area (Å²) < 4.78 is 7.61. The minimum atomic E-state index is 0.0252. The third-order valence-electron chi connectivity index (χ3n) is 4.44. The number of piperidine rings is 1. The van der Waals surface area contributed by atoms with Gasteiger partial charge in [0.1, 0.15) is 0 Å². The van der Waals surface area contributed by atoms with E-state index in [1.165, 1.54) is 0 Å². The Morgan fingerprint density at radius 3 is 2.84 bits per heavy atom. The van der Waals surface area contributed by atoms with E-state index in [1.807, 2.05) is 36.9 Å². The van der Waals surface area contributed by atoms with Crippen LogP contribution in [0.4, 0.5) is 0 Å². The summed E-state index contributed by atoms with van der Waals surface area (Å²) in [5.41, 5.74) is 2.59. The lowest BCUT2D eigenvalue weighted by Crippen LogP contribution is -2.43. The van der Waals surface area contributed by atoms with E-state index in [2.05, 4.69) is 17.0 Å². The molecular weight excluding hydrogens is 316 g/mol. The van der Waals surface area contributed by atoms with E-state index in [9.17, 15) is 4.79 Å². The van der Waals surface area contributed by atoms with Crippen molar-refractivity contribution < 1.29 is 9.53 Å². The van der Waals surface area contributed by atoms with Crippen molar-refractivity contribution in [2.75, 3.05) is 19.7 Å². The molecule has 1 saturated heterocycles. The lowest BCUT2D eigenvalue weighted by Gasteiger charge is -2.32. The van der Waals surface area contributed by atoms with E-state index >= 15 is 0 Å². The average molecular weight is 342 g/mol. The van der Waals surface area contributed by atoms with Crippen molar-refractivity contribution in [3.05, 3.63) is 41.3 Å². The van der Waals surface area contributed by atoms with Crippen molar-refractivity contribution in [1.82, 2.24) is 19.7 Å².